The van der Waals surface area contributed by atoms with Gasteiger partial charge in [-0.1, -0.05) is 18.2 Å². The van der Waals surface area contributed by atoms with Crippen LogP contribution < -0.4 is 15.4 Å². The lowest BCUT2D eigenvalue weighted by molar-refractivity contribution is -0.118. The summed E-state index contributed by atoms with van der Waals surface area (Å²) in [5.41, 5.74) is 0.958. The first-order valence-corrected chi connectivity index (χ1v) is 12.5. The van der Waals surface area contributed by atoms with Gasteiger partial charge in [-0.25, -0.2) is 8.42 Å². The molecule has 2 aromatic rings. The molecule has 2 aromatic carbocycles. The van der Waals surface area contributed by atoms with E-state index < -0.39 is 9.84 Å². The number of nitrogens with one attached hydrogen (secondary N) is 2. The van der Waals surface area contributed by atoms with E-state index in [-0.39, 0.29) is 29.9 Å². The van der Waals surface area contributed by atoms with Crippen LogP contribution >= 0.6 is 11.8 Å². The number of anilines is 1. The Morgan fingerprint density at radius 1 is 1.06 bits per heavy atom. The molecule has 0 bridgehead atoms. The maximum absolute atomic E-state index is 12.8. The largest absolute Gasteiger partial charge is 0.492 e. The molecule has 0 fully saturated rings. The standard InChI is InChI=1S/C21H26N2O6S2/c1-28-11-10-22-20(24)15-30-19-9-4-3-8-18(19)21(25)23-16-6-5-7-17(14-16)29-12-13-31(2,26)27/h3-9,14H,10-13,15H2,1-2H3,(H,22,24)(H,23,25). The molecule has 0 radical (unpaired) electrons. The molecular formula is C21H26N2O6S2. The predicted octanol–water partition coefficient (Wildman–Crippen LogP) is 2.22. The topological polar surface area (TPSA) is 111 Å². The number of amides is 2. The van der Waals surface area contributed by atoms with Gasteiger partial charge in [0.15, 0.2) is 9.84 Å². The van der Waals surface area contributed by atoms with E-state index in [0.717, 1.165) is 6.26 Å². The second kappa shape index (κ2) is 12.3. The van der Waals surface area contributed by atoms with E-state index in [1.165, 1.54) is 11.8 Å². The van der Waals surface area contributed by atoms with Crippen LogP contribution in [0.4, 0.5) is 5.69 Å². The zero-order chi connectivity index (χ0) is 22.7. The average molecular weight is 467 g/mol. The number of carbonyl (C=O) groups is 2. The third kappa shape index (κ3) is 9.41. The summed E-state index contributed by atoms with van der Waals surface area (Å²) in [5.74, 6) is 0.0782. The number of ether oxygens (including phenoxy) is 2. The van der Waals surface area contributed by atoms with Crippen molar-refractivity contribution in [2.24, 2.45) is 0 Å². The summed E-state index contributed by atoms with van der Waals surface area (Å²) in [5, 5.41) is 5.55. The highest BCUT2D eigenvalue weighted by molar-refractivity contribution is 8.00. The van der Waals surface area contributed by atoms with Crippen molar-refractivity contribution < 1.29 is 27.5 Å². The zero-order valence-electron chi connectivity index (χ0n) is 17.4. The molecule has 10 heteroatoms. The van der Waals surface area contributed by atoms with Gasteiger partial charge in [0, 0.05) is 36.6 Å². The van der Waals surface area contributed by atoms with E-state index >= 15 is 0 Å². The van der Waals surface area contributed by atoms with Crippen LogP contribution in [0.5, 0.6) is 5.75 Å². The van der Waals surface area contributed by atoms with Crippen molar-refractivity contribution >= 4 is 39.1 Å². The summed E-state index contributed by atoms with van der Waals surface area (Å²) in [4.78, 5) is 25.4. The first-order chi connectivity index (χ1) is 14.8. The third-order valence-electron chi connectivity index (χ3n) is 3.93. The van der Waals surface area contributed by atoms with Crippen molar-refractivity contribution in [1.82, 2.24) is 5.32 Å². The number of thioether (sulfide) groups is 1. The van der Waals surface area contributed by atoms with Crippen LogP contribution in [0.3, 0.4) is 0 Å². The second-order valence-corrected chi connectivity index (χ2v) is 9.86. The molecule has 0 unspecified atom stereocenters. The molecule has 2 N–H and O–H groups in total. The molecular weight excluding hydrogens is 440 g/mol. The Bertz CT molecular complexity index is 995. The maximum atomic E-state index is 12.8. The van der Waals surface area contributed by atoms with Crippen LogP contribution in [0, 0.1) is 0 Å². The van der Waals surface area contributed by atoms with Crippen LogP contribution in [0.15, 0.2) is 53.4 Å². The van der Waals surface area contributed by atoms with Crippen LogP contribution in [0.2, 0.25) is 0 Å². The normalized spacial score (nSPS) is 11.0. The van der Waals surface area contributed by atoms with Gasteiger partial charge in [0.1, 0.15) is 12.4 Å². The molecule has 8 nitrogen and oxygen atoms in total. The molecule has 0 aliphatic carbocycles. The Kier molecular flexibility index (Phi) is 9.83. The molecule has 0 saturated carbocycles. The van der Waals surface area contributed by atoms with E-state index in [4.69, 9.17) is 9.47 Å². The number of sulfone groups is 1. The van der Waals surface area contributed by atoms with Crippen molar-refractivity contribution in [1.29, 1.82) is 0 Å². The number of methoxy groups -OCH3 is 1. The van der Waals surface area contributed by atoms with Gasteiger partial charge in [-0.05, 0) is 24.3 Å². The fourth-order valence-electron chi connectivity index (χ4n) is 2.44. The summed E-state index contributed by atoms with van der Waals surface area (Å²) in [7, 11) is -1.55. The fourth-order valence-corrected chi connectivity index (χ4v) is 3.71. The first kappa shape index (κ1) is 24.7. The average Bonchev–Trinajstić information content (AvgIpc) is 2.72. The minimum Gasteiger partial charge on any atom is -0.492 e. The third-order valence-corrected chi connectivity index (χ3v) is 5.92. The lowest BCUT2D eigenvalue weighted by atomic mass is 10.2. The molecule has 2 rings (SSSR count). The molecule has 0 spiro atoms. The predicted molar refractivity (Wildman–Crippen MR) is 122 cm³/mol. The maximum Gasteiger partial charge on any atom is 0.256 e. The summed E-state index contributed by atoms with van der Waals surface area (Å²) in [6.45, 7) is 0.898. The highest BCUT2D eigenvalue weighted by Gasteiger charge is 2.13. The van der Waals surface area contributed by atoms with Gasteiger partial charge in [-0.15, -0.1) is 11.8 Å². The van der Waals surface area contributed by atoms with E-state index in [9.17, 15) is 18.0 Å². The molecule has 31 heavy (non-hydrogen) atoms. The second-order valence-electron chi connectivity index (χ2n) is 6.59. The van der Waals surface area contributed by atoms with Gasteiger partial charge in [0.2, 0.25) is 5.91 Å². The Morgan fingerprint density at radius 2 is 1.84 bits per heavy atom. The van der Waals surface area contributed by atoms with Crippen LogP contribution in [0.1, 0.15) is 10.4 Å². The summed E-state index contributed by atoms with van der Waals surface area (Å²) < 4.78 is 32.8. The molecule has 0 aliphatic heterocycles. The SMILES string of the molecule is COCCNC(=O)CSc1ccccc1C(=O)Nc1cccc(OCCS(C)(=O)=O)c1. The van der Waals surface area contributed by atoms with Crippen molar-refractivity contribution in [2.75, 3.05) is 49.9 Å². The minimum atomic E-state index is -3.11. The summed E-state index contributed by atoms with van der Waals surface area (Å²) in [6, 6.07) is 13.8. The quantitative estimate of drug-likeness (QED) is 0.364. The summed E-state index contributed by atoms with van der Waals surface area (Å²) in [6.07, 6.45) is 1.14. The van der Waals surface area contributed by atoms with Gasteiger partial charge in [0.25, 0.3) is 5.91 Å². The number of carbonyl (C=O) groups excluding carboxylic acids is 2. The van der Waals surface area contributed by atoms with Gasteiger partial charge in [-0.3, -0.25) is 9.59 Å². The van der Waals surface area contributed by atoms with Gasteiger partial charge < -0.3 is 20.1 Å². The Balaban J connectivity index is 1.98. The minimum absolute atomic E-state index is 0.0299. The van der Waals surface area contributed by atoms with Crippen molar-refractivity contribution in [3.63, 3.8) is 0 Å². The number of benzene rings is 2. The number of hydrogen-bond donors (Lipinski definition) is 2. The van der Waals surface area contributed by atoms with Crippen molar-refractivity contribution in [3.05, 3.63) is 54.1 Å². The summed E-state index contributed by atoms with van der Waals surface area (Å²) >= 11 is 1.27. The van der Waals surface area contributed by atoms with Gasteiger partial charge >= 0.3 is 0 Å². The molecule has 0 heterocycles. The van der Waals surface area contributed by atoms with Crippen molar-refractivity contribution in [2.45, 2.75) is 4.90 Å². The van der Waals surface area contributed by atoms with Gasteiger partial charge in [-0.2, -0.15) is 0 Å². The Morgan fingerprint density at radius 3 is 2.58 bits per heavy atom. The monoisotopic (exact) mass is 466 g/mol. The molecule has 0 aromatic heterocycles. The molecule has 0 atom stereocenters. The molecule has 0 aliphatic rings. The number of rotatable bonds is 12. The van der Waals surface area contributed by atoms with Crippen LogP contribution in [-0.2, 0) is 19.4 Å². The van der Waals surface area contributed by atoms with E-state index in [2.05, 4.69) is 10.6 Å². The van der Waals surface area contributed by atoms with E-state index in [1.54, 1.807) is 55.6 Å². The highest BCUT2D eigenvalue weighted by Crippen LogP contribution is 2.24. The first-order valence-electron chi connectivity index (χ1n) is 9.48. The van der Waals surface area contributed by atoms with Crippen molar-refractivity contribution in [3.8, 4) is 5.75 Å². The Labute approximate surface area is 186 Å². The van der Waals surface area contributed by atoms with Gasteiger partial charge in [0.05, 0.1) is 23.7 Å². The lowest BCUT2D eigenvalue weighted by Gasteiger charge is -2.11. The van der Waals surface area contributed by atoms with E-state index in [1.807, 2.05) is 0 Å². The molecule has 0 saturated heterocycles. The highest BCUT2D eigenvalue weighted by atomic mass is 32.2. The van der Waals surface area contributed by atoms with Crippen LogP contribution in [-0.4, -0.2) is 64.9 Å². The fraction of sp³-hybridized carbons (Fsp3) is 0.333. The number of hydrogen-bond acceptors (Lipinski definition) is 7. The zero-order valence-corrected chi connectivity index (χ0v) is 19.1. The lowest BCUT2D eigenvalue weighted by Crippen LogP contribution is -2.28. The Hall–Kier alpha value is -2.56. The van der Waals surface area contributed by atoms with Crippen LogP contribution in [0.25, 0.3) is 0 Å². The smallest absolute Gasteiger partial charge is 0.256 e. The van der Waals surface area contributed by atoms with E-state index in [0.29, 0.717) is 35.0 Å². The molecule has 168 valence electrons. The molecule has 2 amide bonds.